The summed E-state index contributed by atoms with van der Waals surface area (Å²) in [6, 6.07) is 0. The molecule has 0 atom stereocenters. The van der Waals surface area contributed by atoms with Gasteiger partial charge in [-0.05, 0) is 13.8 Å². The fourth-order valence-corrected chi connectivity index (χ4v) is 1.18. The number of anilines is 1. The summed E-state index contributed by atoms with van der Waals surface area (Å²) in [7, 11) is 4.50. The third kappa shape index (κ3) is 2.94. The molecule has 0 aliphatic carbocycles. The van der Waals surface area contributed by atoms with Gasteiger partial charge >= 0.3 is 5.69 Å². The van der Waals surface area contributed by atoms with Crippen LogP contribution in [0.15, 0.2) is 9.59 Å². The summed E-state index contributed by atoms with van der Waals surface area (Å²) in [6.07, 6.45) is 0. The number of hydrogen-bond acceptors (Lipinski definition) is 5. The van der Waals surface area contributed by atoms with Crippen LogP contribution in [0.3, 0.4) is 0 Å². The molecular weight excluding hydrogens is 224 g/mol. The van der Waals surface area contributed by atoms with Crippen molar-refractivity contribution in [1.29, 1.82) is 0 Å². The van der Waals surface area contributed by atoms with Crippen molar-refractivity contribution in [3.05, 3.63) is 20.8 Å². The van der Waals surface area contributed by atoms with Gasteiger partial charge in [0.05, 0.1) is 5.60 Å². The smallest absolute Gasteiger partial charge is 0.346 e. The lowest BCUT2D eigenvalue weighted by molar-refractivity contribution is 0.0342. The molecule has 0 radical (unpaired) electrons. The molecule has 0 amide bonds. The van der Waals surface area contributed by atoms with Gasteiger partial charge in [-0.15, -0.1) is 5.10 Å². The molecule has 96 valence electrons. The van der Waals surface area contributed by atoms with Crippen LogP contribution in [-0.2, 0) is 18.8 Å². The summed E-state index contributed by atoms with van der Waals surface area (Å²) < 4.78 is 7.34. The van der Waals surface area contributed by atoms with Crippen molar-refractivity contribution in [2.24, 2.45) is 14.1 Å². The minimum absolute atomic E-state index is 0.139. The van der Waals surface area contributed by atoms with Gasteiger partial charge in [0.15, 0.2) is 0 Å². The molecule has 0 spiro atoms. The van der Waals surface area contributed by atoms with Crippen LogP contribution in [0.4, 0.5) is 5.82 Å². The molecule has 0 saturated carbocycles. The number of hydrogen-bond donors (Lipinski definition) is 1. The highest BCUT2D eigenvalue weighted by atomic mass is 16.5. The molecule has 0 aliphatic rings. The molecule has 0 aliphatic heterocycles. The van der Waals surface area contributed by atoms with Crippen LogP contribution < -0.4 is 16.6 Å². The van der Waals surface area contributed by atoms with Crippen LogP contribution in [-0.4, -0.2) is 33.6 Å². The van der Waals surface area contributed by atoms with Crippen molar-refractivity contribution < 1.29 is 4.74 Å². The Morgan fingerprint density at radius 3 is 2.47 bits per heavy atom. The number of aromatic nitrogens is 3. The van der Waals surface area contributed by atoms with E-state index in [0.717, 1.165) is 9.25 Å². The minimum Gasteiger partial charge on any atom is -0.377 e. The molecule has 17 heavy (non-hydrogen) atoms. The van der Waals surface area contributed by atoms with Crippen LogP contribution in [0.5, 0.6) is 0 Å². The fraction of sp³-hybridized carbons (Fsp3) is 0.700. The number of nitrogens with one attached hydrogen (secondary N) is 1. The Bertz CT molecular complexity index is 515. The van der Waals surface area contributed by atoms with E-state index in [1.54, 1.807) is 7.11 Å². The summed E-state index contributed by atoms with van der Waals surface area (Å²) in [5.74, 6) is 0.139. The van der Waals surface area contributed by atoms with E-state index in [9.17, 15) is 9.59 Å². The summed E-state index contributed by atoms with van der Waals surface area (Å²) in [6.45, 7) is 4.18. The van der Waals surface area contributed by atoms with Crippen molar-refractivity contribution >= 4 is 5.82 Å². The summed E-state index contributed by atoms with van der Waals surface area (Å²) in [5, 5.41) is 6.76. The maximum atomic E-state index is 11.7. The summed E-state index contributed by atoms with van der Waals surface area (Å²) >= 11 is 0. The first-order valence-corrected chi connectivity index (χ1v) is 5.22. The van der Waals surface area contributed by atoms with E-state index >= 15 is 0 Å². The Labute approximate surface area is 99.0 Å². The van der Waals surface area contributed by atoms with E-state index < -0.39 is 16.9 Å². The Hall–Kier alpha value is -1.63. The largest absolute Gasteiger partial charge is 0.377 e. The van der Waals surface area contributed by atoms with Crippen molar-refractivity contribution in [2.75, 3.05) is 19.0 Å². The number of ether oxygens (including phenoxy) is 1. The van der Waals surface area contributed by atoms with Gasteiger partial charge in [0, 0.05) is 27.7 Å². The summed E-state index contributed by atoms with van der Waals surface area (Å²) in [5.41, 5.74) is -1.31. The minimum atomic E-state index is -0.452. The SMILES string of the molecule is COC(C)(C)CNc1nn(C)c(=O)n(C)c1=O. The molecule has 0 fully saturated rings. The second kappa shape index (κ2) is 4.70. The van der Waals surface area contributed by atoms with E-state index in [-0.39, 0.29) is 5.82 Å². The third-order valence-corrected chi connectivity index (χ3v) is 2.56. The third-order valence-electron chi connectivity index (χ3n) is 2.56. The van der Waals surface area contributed by atoms with Crippen LogP contribution in [0.25, 0.3) is 0 Å². The second-order valence-corrected chi connectivity index (χ2v) is 4.44. The quantitative estimate of drug-likeness (QED) is 0.756. The number of methoxy groups -OCH3 is 1. The second-order valence-electron chi connectivity index (χ2n) is 4.44. The molecule has 7 nitrogen and oxygen atoms in total. The van der Waals surface area contributed by atoms with Crippen LogP contribution in [0, 0.1) is 0 Å². The van der Waals surface area contributed by atoms with Crippen LogP contribution in [0.1, 0.15) is 13.8 Å². The standard InChI is InChI=1S/C10H18N4O3/c1-10(2,17-5)6-11-7-8(15)13(3)9(16)14(4)12-7/h6H2,1-5H3,(H,11,12). The van der Waals surface area contributed by atoms with E-state index in [1.165, 1.54) is 14.1 Å². The normalized spacial score (nSPS) is 11.6. The van der Waals surface area contributed by atoms with Crippen LogP contribution in [0.2, 0.25) is 0 Å². The van der Waals surface area contributed by atoms with Gasteiger partial charge < -0.3 is 10.1 Å². The lowest BCUT2D eigenvalue weighted by Crippen LogP contribution is -2.41. The maximum absolute atomic E-state index is 11.7. The van der Waals surface area contributed by atoms with Gasteiger partial charge in [0.2, 0.25) is 5.82 Å². The zero-order valence-electron chi connectivity index (χ0n) is 10.8. The number of rotatable bonds is 4. The van der Waals surface area contributed by atoms with Gasteiger partial charge in [0.25, 0.3) is 5.56 Å². The lowest BCUT2D eigenvalue weighted by Gasteiger charge is -2.23. The fourth-order valence-electron chi connectivity index (χ4n) is 1.18. The predicted octanol–water partition coefficient (Wildman–Crippen LogP) is -0.684. The zero-order valence-corrected chi connectivity index (χ0v) is 10.8. The molecular formula is C10H18N4O3. The highest BCUT2D eigenvalue weighted by Crippen LogP contribution is 2.06. The van der Waals surface area contributed by atoms with Crippen LogP contribution >= 0.6 is 0 Å². The Morgan fingerprint density at radius 2 is 1.94 bits per heavy atom. The molecule has 7 heteroatoms. The molecule has 1 N–H and O–H groups in total. The van der Waals surface area contributed by atoms with E-state index in [4.69, 9.17) is 4.74 Å². The lowest BCUT2D eigenvalue weighted by atomic mass is 10.1. The molecule has 0 aromatic carbocycles. The monoisotopic (exact) mass is 242 g/mol. The molecule has 0 saturated heterocycles. The van der Waals surface area contributed by atoms with Gasteiger partial charge in [-0.2, -0.15) is 0 Å². The first kappa shape index (κ1) is 13.4. The Kier molecular flexibility index (Phi) is 3.72. The molecule has 1 rings (SSSR count). The van der Waals surface area contributed by atoms with E-state index in [1.807, 2.05) is 13.8 Å². The van der Waals surface area contributed by atoms with Gasteiger partial charge in [-0.25, -0.2) is 9.48 Å². The first-order chi connectivity index (χ1) is 7.78. The average molecular weight is 242 g/mol. The number of aryl methyl sites for hydroxylation is 1. The van der Waals surface area contributed by atoms with Gasteiger partial charge in [0.1, 0.15) is 0 Å². The number of nitrogens with zero attached hydrogens (tertiary/aromatic N) is 3. The molecule has 0 unspecified atom stereocenters. The topological polar surface area (TPSA) is 78.2 Å². The Balaban J connectivity index is 3.02. The molecule has 1 heterocycles. The molecule has 0 bridgehead atoms. The highest BCUT2D eigenvalue weighted by Gasteiger charge is 2.17. The first-order valence-electron chi connectivity index (χ1n) is 5.22. The Morgan fingerprint density at radius 1 is 1.35 bits per heavy atom. The van der Waals surface area contributed by atoms with Gasteiger partial charge in [-0.1, -0.05) is 0 Å². The molecule has 1 aromatic rings. The van der Waals surface area contributed by atoms with E-state index in [2.05, 4.69) is 10.4 Å². The summed E-state index contributed by atoms with van der Waals surface area (Å²) in [4.78, 5) is 23.1. The zero-order chi connectivity index (χ0) is 13.2. The van der Waals surface area contributed by atoms with Crippen molar-refractivity contribution in [2.45, 2.75) is 19.4 Å². The van der Waals surface area contributed by atoms with E-state index in [0.29, 0.717) is 6.54 Å². The van der Waals surface area contributed by atoms with Gasteiger partial charge in [-0.3, -0.25) is 9.36 Å². The van der Waals surface area contributed by atoms with Crippen molar-refractivity contribution in [3.8, 4) is 0 Å². The predicted molar refractivity (Wildman–Crippen MR) is 64.3 cm³/mol. The highest BCUT2D eigenvalue weighted by molar-refractivity contribution is 5.30. The maximum Gasteiger partial charge on any atom is 0.346 e. The average Bonchev–Trinajstić information content (AvgIpc) is 2.29. The van der Waals surface area contributed by atoms with Crippen molar-refractivity contribution in [3.63, 3.8) is 0 Å². The van der Waals surface area contributed by atoms with Crippen molar-refractivity contribution in [1.82, 2.24) is 14.3 Å². The molecule has 1 aromatic heterocycles.